The lowest BCUT2D eigenvalue weighted by atomic mass is 9.66. The monoisotopic (exact) mass is 583 g/mol. The minimum atomic E-state index is -0.889. The van der Waals surface area contributed by atoms with Crippen LogP contribution in [0.5, 0.6) is 5.75 Å². The molecule has 0 bridgehead atoms. The summed E-state index contributed by atoms with van der Waals surface area (Å²) in [6.45, 7) is 17.9. The third-order valence-electron chi connectivity index (χ3n) is 7.22. The van der Waals surface area contributed by atoms with Gasteiger partial charge < -0.3 is 14.8 Å². The Kier molecular flexibility index (Phi) is 9.69. The number of anilines is 1. The van der Waals surface area contributed by atoms with E-state index in [4.69, 9.17) is 21.1 Å². The number of halogens is 1. The van der Waals surface area contributed by atoms with E-state index < -0.39 is 16.9 Å². The maximum atomic E-state index is 14.3. The Labute approximate surface area is 250 Å². The lowest BCUT2D eigenvalue weighted by Crippen LogP contribution is -2.50. The summed E-state index contributed by atoms with van der Waals surface area (Å²) in [5.74, 6) is -0.762. The van der Waals surface area contributed by atoms with Gasteiger partial charge in [0.2, 0.25) is 0 Å². The summed E-state index contributed by atoms with van der Waals surface area (Å²) in [6, 6.07) is 13.0. The van der Waals surface area contributed by atoms with Gasteiger partial charge >= 0.3 is 11.9 Å². The van der Waals surface area contributed by atoms with E-state index in [2.05, 4.69) is 5.32 Å². The zero-order chi connectivity index (χ0) is 30.8. The smallest absolute Gasteiger partial charge is 0.311 e. The second kappa shape index (κ2) is 12.2. The van der Waals surface area contributed by atoms with Crippen molar-refractivity contribution in [2.24, 2.45) is 16.2 Å². The van der Waals surface area contributed by atoms with E-state index in [1.165, 1.54) is 0 Å². The van der Waals surface area contributed by atoms with Crippen LogP contribution in [0.3, 0.4) is 0 Å². The molecular formula is C34H46ClNO5. The van der Waals surface area contributed by atoms with Crippen LogP contribution in [0, 0.1) is 16.2 Å². The normalized spacial score (nSPS) is 18.8. The summed E-state index contributed by atoms with van der Waals surface area (Å²) in [6.07, 6.45) is 1.43. The van der Waals surface area contributed by atoms with Crippen molar-refractivity contribution in [1.82, 2.24) is 0 Å². The molecular weight excluding hydrogens is 538 g/mol. The van der Waals surface area contributed by atoms with Crippen LogP contribution < -0.4 is 10.1 Å². The van der Waals surface area contributed by atoms with Gasteiger partial charge in [0.1, 0.15) is 11.5 Å². The molecule has 1 aliphatic heterocycles. The third-order valence-corrected chi connectivity index (χ3v) is 7.47. The van der Waals surface area contributed by atoms with Gasteiger partial charge in [-0.25, -0.2) is 0 Å². The number of carbonyl (C=O) groups is 3. The number of Topliss-reactive ketones (excluding diaryl/α,β-unsaturated/α-hetero) is 1. The number of carbonyl (C=O) groups excluding carboxylic acids is 3. The van der Waals surface area contributed by atoms with Gasteiger partial charge in [0.05, 0.1) is 29.9 Å². The third kappa shape index (κ3) is 8.57. The molecule has 1 aliphatic rings. The van der Waals surface area contributed by atoms with E-state index in [9.17, 15) is 14.4 Å². The van der Waals surface area contributed by atoms with Crippen LogP contribution >= 0.6 is 11.6 Å². The molecule has 2 aromatic carbocycles. The van der Waals surface area contributed by atoms with Gasteiger partial charge in [-0.15, -0.1) is 0 Å². The number of esters is 2. The molecule has 0 amide bonds. The number of rotatable bonds is 10. The van der Waals surface area contributed by atoms with E-state index in [-0.39, 0.29) is 41.6 Å². The number of hydrogen-bond acceptors (Lipinski definition) is 6. The van der Waals surface area contributed by atoms with Crippen LogP contribution in [0.2, 0.25) is 5.02 Å². The van der Waals surface area contributed by atoms with Gasteiger partial charge in [-0.1, -0.05) is 65.3 Å². The zero-order valence-electron chi connectivity index (χ0n) is 26.1. The van der Waals surface area contributed by atoms with Gasteiger partial charge in [-0.3, -0.25) is 14.4 Å². The summed E-state index contributed by atoms with van der Waals surface area (Å²) in [5, 5.41) is 4.32. The molecule has 6 nitrogen and oxygen atoms in total. The largest absolute Gasteiger partial charge is 0.466 e. The molecule has 2 atom stereocenters. The molecule has 2 aromatic rings. The topological polar surface area (TPSA) is 81.7 Å². The van der Waals surface area contributed by atoms with Gasteiger partial charge in [-0.2, -0.15) is 0 Å². The van der Waals surface area contributed by atoms with Crippen molar-refractivity contribution < 1.29 is 23.9 Å². The molecule has 0 aromatic heterocycles. The van der Waals surface area contributed by atoms with E-state index in [0.29, 0.717) is 30.0 Å². The fraction of sp³-hybridized carbons (Fsp3) is 0.559. The van der Waals surface area contributed by atoms with Crippen LogP contribution in [0.1, 0.15) is 98.6 Å². The molecule has 0 aliphatic carbocycles. The minimum absolute atomic E-state index is 0.0653. The summed E-state index contributed by atoms with van der Waals surface area (Å²) in [7, 11) is 0. The van der Waals surface area contributed by atoms with E-state index in [1.807, 2.05) is 91.8 Å². The number of ether oxygens (including phenoxy) is 2. The van der Waals surface area contributed by atoms with Gasteiger partial charge in [0, 0.05) is 17.1 Å². The lowest BCUT2D eigenvalue weighted by molar-refractivity contribution is -0.155. The van der Waals surface area contributed by atoms with Crippen molar-refractivity contribution in [3.8, 4) is 5.75 Å². The fourth-order valence-electron chi connectivity index (χ4n) is 5.81. The van der Waals surface area contributed by atoms with Gasteiger partial charge in [0.25, 0.3) is 0 Å². The standard InChI is InChI=1S/C34H46ClNO5/c1-10-40-30(39)33(8,9)21-34(18-22-11-13-23(35)14-12-22)29(27(37)19-31(2,3)4)25-17-24(15-16-26(25)36-34)41-28(38)20-32(5,6)7/h11-17,29,36H,10,18-21H2,1-9H3. The molecule has 2 unspecified atom stereocenters. The van der Waals surface area contributed by atoms with Crippen LogP contribution in [0.15, 0.2) is 42.5 Å². The molecule has 0 fully saturated rings. The quantitative estimate of drug-likeness (QED) is 0.224. The second-order valence-electron chi connectivity index (χ2n) is 14.5. The first-order valence-corrected chi connectivity index (χ1v) is 14.8. The van der Waals surface area contributed by atoms with E-state index in [0.717, 1.165) is 16.8 Å². The van der Waals surface area contributed by atoms with Crippen molar-refractivity contribution in [3.05, 3.63) is 58.6 Å². The Morgan fingerprint density at radius 3 is 2.07 bits per heavy atom. The first-order chi connectivity index (χ1) is 18.8. The van der Waals surface area contributed by atoms with Crippen molar-refractivity contribution in [1.29, 1.82) is 0 Å². The SMILES string of the molecule is CCOC(=O)C(C)(C)CC1(Cc2ccc(Cl)cc2)Nc2ccc(OC(=O)CC(C)(C)C)cc2C1C(=O)CC(C)(C)C. The summed E-state index contributed by atoms with van der Waals surface area (Å²) >= 11 is 6.20. The molecule has 0 saturated heterocycles. The zero-order valence-corrected chi connectivity index (χ0v) is 26.8. The van der Waals surface area contributed by atoms with Crippen molar-refractivity contribution in [2.45, 2.75) is 99.5 Å². The van der Waals surface area contributed by atoms with Crippen molar-refractivity contribution >= 4 is 35.0 Å². The maximum Gasteiger partial charge on any atom is 0.311 e. The first-order valence-electron chi connectivity index (χ1n) is 14.4. The molecule has 7 heteroatoms. The van der Waals surface area contributed by atoms with Gasteiger partial charge in [-0.05, 0) is 85.9 Å². The van der Waals surface area contributed by atoms with Crippen LogP contribution in [0.4, 0.5) is 5.69 Å². The Balaban J connectivity index is 2.15. The number of fused-ring (bicyclic) bond motifs is 1. The summed E-state index contributed by atoms with van der Waals surface area (Å²) in [5.41, 5.74) is 0.352. The van der Waals surface area contributed by atoms with Crippen LogP contribution in [-0.2, 0) is 25.5 Å². The molecule has 1 heterocycles. The molecule has 41 heavy (non-hydrogen) atoms. The molecule has 3 rings (SSSR count). The first kappa shape index (κ1) is 32.7. The average Bonchev–Trinajstić information content (AvgIpc) is 3.10. The Bertz CT molecular complexity index is 1270. The highest BCUT2D eigenvalue weighted by Crippen LogP contribution is 2.52. The Morgan fingerprint density at radius 1 is 0.902 bits per heavy atom. The highest BCUT2D eigenvalue weighted by molar-refractivity contribution is 6.30. The Morgan fingerprint density at radius 2 is 1.51 bits per heavy atom. The summed E-state index contributed by atoms with van der Waals surface area (Å²) < 4.78 is 11.2. The highest BCUT2D eigenvalue weighted by Gasteiger charge is 2.53. The molecule has 224 valence electrons. The predicted molar refractivity (Wildman–Crippen MR) is 165 cm³/mol. The predicted octanol–water partition coefficient (Wildman–Crippen LogP) is 8.16. The molecule has 1 N–H and O–H groups in total. The molecule has 0 spiro atoms. The lowest BCUT2D eigenvalue weighted by Gasteiger charge is -2.41. The average molecular weight is 584 g/mol. The number of ketones is 1. The molecule has 0 saturated carbocycles. The van der Waals surface area contributed by atoms with Crippen molar-refractivity contribution in [2.75, 3.05) is 11.9 Å². The van der Waals surface area contributed by atoms with Crippen LogP contribution in [-0.4, -0.2) is 29.9 Å². The van der Waals surface area contributed by atoms with E-state index in [1.54, 1.807) is 13.0 Å². The Hall–Kier alpha value is -2.86. The minimum Gasteiger partial charge on any atom is -0.466 e. The molecule has 0 radical (unpaired) electrons. The number of benzene rings is 2. The van der Waals surface area contributed by atoms with Gasteiger partial charge in [0.15, 0.2) is 0 Å². The second-order valence-corrected chi connectivity index (χ2v) is 14.9. The van der Waals surface area contributed by atoms with Crippen molar-refractivity contribution in [3.63, 3.8) is 0 Å². The fourth-order valence-corrected chi connectivity index (χ4v) is 5.94. The number of hydrogen-bond donors (Lipinski definition) is 1. The summed E-state index contributed by atoms with van der Waals surface area (Å²) in [4.78, 5) is 40.1. The number of nitrogens with one attached hydrogen (secondary N) is 1. The highest BCUT2D eigenvalue weighted by atomic mass is 35.5. The van der Waals surface area contributed by atoms with Crippen LogP contribution in [0.25, 0.3) is 0 Å². The van der Waals surface area contributed by atoms with E-state index >= 15 is 0 Å². The maximum absolute atomic E-state index is 14.3.